The quantitative estimate of drug-likeness (QED) is 0.256. The first-order chi connectivity index (χ1) is 19.7. The number of nitrogens with zero attached hydrogens (tertiary/aromatic N) is 4. The van der Waals surface area contributed by atoms with Crippen LogP contribution in [0, 0.1) is 0 Å². The van der Waals surface area contributed by atoms with E-state index >= 15 is 0 Å². The molecule has 0 saturated carbocycles. The molecule has 1 saturated heterocycles. The first kappa shape index (κ1) is 30.5. The minimum Gasteiger partial charge on any atom is -0.442 e. The summed E-state index contributed by atoms with van der Waals surface area (Å²) in [6.45, 7) is 1.78. The zero-order valence-corrected chi connectivity index (χ0v) is 22.9. The number of benzene rings is 2. The largest absolute Gasteiger partial charge is 0.442 e. The van der Waals surface area contributed by atoms with Crippen LogP contribution in [-0.4, -0.2) is 44.7 Å². The highest BCUT2D eigenvalue weighted by molar-refractivity contribution is 5.99. The van der Waals surface area contributed by atoms with Crippen molar-refractivity contribution in [2.75, 3.05) is 24.1 Å². The van der Waals surface area contributed by atoms with Gasteiger partial charge in [0.25, 0.3) is 5.91 Å². The molecule has 1 atom stereocenters. The molecule has 0 unspecified atom stereocenters. The third-order valence-electron chi connectivity index (χ3n) is 6.60. The van der Waals surface area contributed by atoms with Gasteiger partial charge in [-0.1, -0.05) is 36.4 Å². The summed E-state index contributed by atoms with van der Waals surface area (Å²) in [5, 5.41) is 10.1. The molecule has 4 aromatic rings. The SMILES string of the molecule is Cl.Nc1ncc(-c2cnn(C3CCNCC3)c2)nc1C(=O)O[C@@H](C(=O)Nc1cccc(C(F)(F)F)c1)c1ccccc1. The lowest BCUT2D eigenvalue weighted by molar-refractivity contribution is -0.137. The predicted molar refractivity (Wildman–Crippen MR) is 151 cm³/mol. The third kappa shape index (κ3) is 7.04. The Morgan fingerprint density at radius 3 is 2.52 bits per heavy atom. The molecule has 3 heterocycles. The van der Waals surface area contributed by atoms with E-state index in [0.29, 0.717) is 11.3 Å². The molecule has 0 aliphatic carbocycles. The number of amides is 1. The van der Waals surface area contributed by atoms with Crippen molar-refractivity contribution in [3.05, 3.63) is 90.0 Å². The van der Waals surface area contributed by atoms with Crippen LogP contribution in [0.5, 0.6) is 0 Å². The van der Waals surface area contributed by atoms with Crippen LogP contribution in [0.25, 0.3) is 11.3 Å². The average Bonchev–Trinajstić information content (AvgIpc) is 3.47. The molecule has 2 aromatic heterocycles. The van der Waals surface area contributed by atoms with Crippen LogP contribution in [0.3, 0.4) is 0 Å². The van der Waals surface area contributed by atoms with Gasteiger partial charge in [0.2, 0.25) is 6.10 Å². The Labute approximate surface area is 244 Å². The van der Waals surface area contributed by atoms with Crippen molar-refractivity contribution in [1.82, 2.24) is 25.1 Å². The van der Waals surface area contributed by atoms with Gasteiger partial charge in [-0.2, -0.15) is 18.3 Å². The zero-order chi connectivity index (χ0) is 29.0. The number of nitrogens with two attached hydrogens (primary N) is 1. The van der Waals surface area contributed by atoms with Crippen molar-refractivity contribution < 1.29 is 27.5 Å². The van der Waals surface area contributed by atoms with Gasteiger partial charge in [-0.15, -0.1) is 12.4 Å². The van der Waals surface area contributed by atoms with E-state index in [9.17, 15) is 22.8 Å². The van der Waals surface area contributed by atoms with Crippen molar-refractivity contribution in [2.45, 2.75) is 31.2 Å². The van der Waals surface area contributed by atoms with Crippen LogP contribution < -0.4 is 16.4 Å². The number of carbonyl (C=O) groups excluding carboxylic acids is 2. The Morgan fingerprint density at radius 2 is 1.81 bits per heavy atom. The zero-order valence-electron chi connectivity index (χ0n) is 22.0. The summed E-state index contributed by atoms with van der Waals surface area (Å²) >= 11 is 0. The maximum absolute atomic E-state index is 13.3. The molecule has 10 nitrogen and oxygen atoms in total. The summed E-state index contributed by atoms with van der Waals surface area (Å²) in [6.07, 6.45) is 0.575. The number of carbonyl (C=O) groups is 2. The molecule has 2 aromatic carbocycles. The van der Waals surface area contributed by atoms with Gasteiger partial charge in [-0.25, -0.2) is 14.8 Å². The number of esters is 1. The Hall–Kier alpha value is -4.49. The maximum Gasteiger partial charge on any atom is 0.416 e. The van der Waals surface area contributed by atoms with E-state index < -0.39 is 29.7 Å². The highest BCUT2D eigenvalue weighted by Crippen LogP contribution is 2.31. The van der Waals surface area contributed by atoms with Crippen molar-refractivity contribution in [3.8, 4) is 11.3 Å². The number of hydrogen-bond donors (Lipinski definition) is 3. The molecule has 0 bridgehead atoms. The molecule has 5 rings (SSSR count). The molecular weight excluding hydrogens is 575 g/mol. The second-order valence-corrected chi connectivity index (χ2v) is 9.44. The second-order valence-electron chi connectivity index (χ2n) is 9.44. The van der Waals surface area contributed by atoms with Gasteiger partial charge >= 0.3 is 12.1 Å². The first-order valence-corrected chi connectivity index (χ1v) is 12.8. The van der Waals surface area contributed by atoms with E-state index in [2.05, 4.69) is 25.7 Å². The van der Waals surface area contributed by atoms with Crippen molar-refractivity contribution in [1.29, 1.82) is 0 Å². The number of anilines is 2. The molecule has 14 heteroatoms. The number of aromatic nitrogens is 4. The van der Waals surface area contributed by atoms with Gasteiger partial charge in [-0.05, 0) is 44.1 Å². The Balaban J connectivity index is 0.00000405. The van der Waals surface area contributed by atoms with E-state index in [1.165, 1.54) is 12.3 Å². The van der Waals surface area contributed by atoms with Gasteiger partial charge in [0.1, 0.15) is 0 Å². The predicted octanol–water partition coefficient (Wildman–Crippen LogP) is 4.82. The fraction of sp³-hybridized carbons (Fsp3) is 0.250. The molecular formula is C28H27ClF3N7O3. The topological polar surface area (TPSA) is 137 Å². The number of alkyl halides is 3. The van der Waals surface area contributed by atoms with Gasteiger partial charge in [-0.3, -0.25) is 9.48 Å². The molecule has 4 N–H and O–H groups in total. The van der Waals surface area contributed by atoms with Crippen LogP contribution in [0.15, 0.2) is 73.2 Å². The molecule has 1 amide bonds. The summed E-state index contributed by atoms with van der Waals surface area (Å²) in [6, 6.07) is 12.4. The molecule has 42 heavy (non-hydrogen) atoms. The summed E-state index contributed by atoms with van der Waals surface area (Å²) in [4.78, 5) is 34.9. The lowest BCUT2D eigenvalue weighted by atomic mass is 10.1. The average molecular weight is 602 g/mol. The Kier molecular flexibility index (Phi) is 9.43. The Morgan fingerprint density at radius 1 is 1.07 bits per heavy atom. The molecule has 220 valence electrons. The second kappa shape index (κ2) is 13.0. The number of piperidine rings is 1. The highest BCUT2D eigenvalue weighted by atomic mass is 35.5. The molecule has 1 fully saturated rings. The Bertz CT molecular complexity index is 1540. The fourth-order valence-electron chi connectivity index (χ4n) is 4.47. The van der Waals surface area contributed by atoms with E-state index in [0.717, 1.165) is 44.1 Å². The summed E-state index contributed by atoms with van der Waals surface area (Å²) in [5.41, 5.74) is 5.82. The highest BCUT2D eigenvalue weighted by Gasteiger charge is 2.32. The molecule has 1 aliphatic rings. The normalized spacial score (nSPS) is 14.5. The van der Waals surface area contributed by atoms with Crippen molar-refractivity contribution >= 4 is 35.8 Å². The van der Waals surface area contributed by atoms with Gasteiger partial charge in [0.15, 0.2) is 11.5 Å². The smallest absolute Gasteiger partial charge is 0.416 e. The number of rotatable bonds is 7. The summed E-state index contributed by atoms with van der Waals surface area (Å²) < 4.78 is 46.9. The maximum atomic E-state index is 13.3. The number of hydrogen-bond acceptors (Lipinski definition) is 8. The van der Waals surface area contributed by atoms with E-state index in [-0.39, 0.29) is 41.2 Å². The lowest BCUT2D eigenvalue weighted by Crippen LogP contribution is -2.29. The fourth-order valence-corrected chi connectivity index (χ4v) is 4.47. The number of nitrogen functional groups attached to an aromatic ring is 1. The minimum absolute atomic E-state index is 0. The van der Waals surface area contributed by atoms with Gasteiger partial charge in [0.05, 0.1) is 29.7 Å². The minimum atomic E-state index is -4.60. The van der Waals surface area contributed by atoms with Gasteiger partial charge < -0.3 is 21.1 Å². The summed E-state index contributed by atoms with van der Waals surface area (Å²) in [5.74, 6) is -2.11. The number of ether oxygens (including phenoxy) is 1. The van der Waals surface area contributed by atoms with Crippen LogP contribution in [0.2, 0.25) is 0 Å². The van der Waals surface area contributed by atoms with Crippen LogP contribution in [0.4, 0.5) is 24.7 Å². The van der Waals surface area contributed by atoms with E-state index in [1.54, 1.807) is 36.5 Å². The van der Waals surface area contributed by atoms with Gasteiger partial charge in [0, 0.05) is 23.0 Å². The standard InChI is InChI=1S/C28H26F3N7O3.ClH/c29-28(30,31)19-7-4-8-20(13-19)36-26(39)24(17-5-2-1-3-6-17)41-27(40)23-25(32)34-15-22(37-23)18-14-35-38(16-18)21-9-11-33-12-10-21;/h1-8,13-16,21,24,33H,9-12H2,(H2,32,34)(H,36,39);1H/t24-;/m1./s1. The number of nitrogens with one attached hydrogen (secondary N) is 2. The third-order valence-corrected chi connectivity index (χ3v) is 6.60. The van der Waals surface area contributed by atoms with Crippen LogP contribution in [0.1, 0.15) is 46.6 Å². The first-order valence-electron chi connectivity index (χ1n) is 12.8. The number of halogens is 4. The van der Waals surface area contributed by atoms with E-state index in [4.69, 9.17) is 10.5 Å². The molecule has 0 radical (unpaired) electrons. The summed E-state index contributed by atoms with van der Waals surface area (Å²) in [7, 11) is 0. The van der Waals surface area contributed by atoms with Crippen molar-refractivity contribution in [2.24, 2.45) is 0 Å². The molecule has 1 aliphatic heterocycles. The monoisotopic (exact) mass is 601 g/mol. The van der Waals surface area contributed by atoms with Crippen molar-refractivity contribution in [3.63, 3.8) is 0 Å². The van der Waals surface area contributed by atoms with Crippen LogP contribution >= 0.6 is 12.4 Å². The van der Waals surface area contributed by atoms with E-state index in [1.807, 2.05) is 10.9 Å². The lowest BCUT2D eigenvalue weighted by Gasteiger charge is -2.22. The van der Waals surface area contributed by atoms with Crippen LogP contribution in [-0.2, 0) is 15.7 Å². The molecule has 0 spiro atoms.